The van der Waals surface area contributed by atoms with Crippen molar-refractivity contribution in [3.63, 3.8) is 0 Å². The van der Waals surface area contributed by atoms with Crippen LogP contribution >= 0.6 is 0 Å². The number of anilines is 1. The molecule has 214 valence electrons. The molecule has 1 saturated heterocycles. The second kappa shape index (κ2) is 11.6. The standard InChI is InChI=1S/C33H29FN8O/c34-26-21-41(16-13-27(26)38-28-12-15-36-29(19-35)39-28)20-22-8-10-23(11-9-22)30-31(24-5-2-1-3-6-24)42-17-18-43-33-25(32(42)40-30)7-4-14-37-33/h1-12,14-15,26-27H,13,16-18,20-21H2,(H,36,38,39)/t26-,27?/m1/s1. The van der Waals surface area contributed by atoms with E-state index >= 15 is 4.39 Å². The first-order valence-corrected chi connectivity index (χ1v) is 14.4. The van der Waals surface area contributed by atoms with E-state index in [9.17, 15) is 0 Å². The fourth-order valence-electron chi connectivity index (χ4n) is 5.86. The predicted octanol–water partition coefficient (Wildman–Crippen LogP) is 5.36. The number of nitrogens with zero attached hydrogens (tertiary/aromatic N) is 7. The predicted molar refractivity (Wildman–Crippen MR) is 161 cm³/mol. The van der Waals surface area contributed by atoms with E-state index in [1.807, 2.05) is 36.4 Å². The van der Waals surface area contributed by atoms with Crippen LogP contribution in [-0.2, 0) is 13.1 Å². The van der Waals surface area contributed by atoms with Gasteiger partial charge in [-0.25, -0.2) is 24.3 Å². The quantitative estimate of drug-likeness (QED) is 0.290. The van der Waals surface area contributed by atoms with Gasteiger partial charge in [-0.2, -0.15) is 5.26 Å². The fourth-order valence-corrected chi connectivity index (χ4v) is 5.86. The monoisotopic (exact) mass is 572 g/mol. The first-order valence-electron chi connectivity index (χ1n) is 14.4. The molecule has 1 unspecified atom stereocenters. The van der Waals surface area contributed by atoms with Gasteiger partial charge < -0.3 is 14.6 Å². The van der Waals surface area contributed by atoms with Crippen LogP contribution in [0.15, 0.2) is 85.2 Å². The van der Waals surface area contributed by atoms with Crippen molar-refractivity contribution in [1.82, 2.24) is 29.4 Å². The third-order valence-electron chi connectivity index (χ3n) is 7.93. The molecule has 1 N–H and O–H groups in total. The summed E-state index contributed by atoms with van der Waals surface area (Å²) in [7, 11) is 0. The highest BCUT2D eigenvalue weighted by atomic mass is 19.1. The minimum absolute atomic E-state index is 0.0687. The lowest BCUT2D eigenvalue weighted by atomic mass is 10.0. The summed E-state index contributed by atoms with van der Waals surface area (Å²) in [5.74, 6) is 1.98. The van der Waals surface area contributed by atoms with Crippen LogP contribution in [0.4, 0.5) is 10.2 Å². The zero-order chi connectivity index (χ0) is 29.2. The molecule has 2 aliphatic rings. The average Bonchev–Trinajstić information content (AvgIpc) is 3.33. The number of rotatable bonds is 6. The largest absolute Gasteiger partial charge is 0.475 e. The number of pyridine rings is 1. The molecule has 5 heterocycles. The molecule has 0 radical (unpaired) electrons. The smallest absolute Gasteiger partial charge is 0.234 e. The molecule has 2 aromatic carbocycles. The summed E-state index contributed by atoms with van der Waals surface area (Å²) in [5.41, 5.74) is 6.05. The SMILES string of the molecule is N#Cc1nccc(NC2CCN(Cc3ccc(-c4nc5n(c4-c4ccccc4)CCOc4ncccc4-5)cc3)C[C@H]2F)n1. The van der Waals surface area contributed by atoms with Gasteiger partial charge in [0, 0.05) is 43.2 Å². The van der Waals surface area contributed by atoms with Gasteiger partial charge in [0.15, 0.2) is 0 Å². The Labute approximate surface area is 248 Å². The van der Waals surface area contributed by atoms with Crippen LogP contribution in [0.1, 0.15) is 17.8 Å². The molecule has 3 aromatic heterocycles. The topological polar surface area (TPSA) is 105 Å². The second-order valence-corrected chi connectivity index (χ2v) is 10.7. The fraction of sp³-hybridized carbons (Fsp3) is 0.242. The van der Waals surface area contributed by atoms with Crippen molar-refractivity contribution in [3.8, 4) is 45.9 Å². The van der Waals surface area contributed by atoms with Gasteiger partial charge >= 0.3 is 0 Å². The highest BCUT2D eigenvalue weighted by molar-refractivity contribution is 5.83. The first-order chi connectivity index (χ1) is 21.2. The van der Waals surface area contributed by atoms with E-state index in [2.05, 4.69) is 66.1 Å². The summed E-state index contributed by atoms with van der Waals surface area (Å²) >= 11 is 0. The van der Waals surface area contributed by atoms with Crippen LogP contribution in [0.3, 0.4) is 0 Å². The highest BCUT2D eigenvalue weighted by Crippen LogP contribution is 2.39. The Morgan fingerprint density at radius 1 is 0.930 bits per heavy atom. The first kappa shape index (κ1) is 26.7. The Balaban J connectivity index is 1.11. The summed E-state index contributed by atoms with van der Waals surface area (Å²) in [4.78, 5) is 19.7. The van der Waals surface area contributed by atoms with Crippen molar-refractivity contribution in [1.29, 1.82) is 5.26 Å². The Hall–Kier alpha value is -5.14. The Bertz CT molecular complexity index is 1780. The average molecular weight is 573 g/mol. The zero-order valence-corrected chi connectivity index (χ0v) is 23.4. The van der Waals surface area contributed by atoms with Crippen LogP contribution in [0.5, 0.6) is 5.88 Å². The summed E-state index contributed by atoms with van der Waals surface area (Å²) < 4.78 is 23.3. The summed E-state index contributed by atoms with van der Waals surface area (Å²) in [6, 6.07) is 25.9. The molecule has 10 heteroatoms. The third-order valence-corrected chi connectivity index (χ3v) is 7.93. The van der Waals surface area contributed by atoms with Crippen molar-refractivity contribution < 1.29 is 9.13 Å². The van der Waals surface area contributed by atoms with E-state index < -0.39 is 6.17 Å². The lowest BCUT2D eigenvalue weighted by molar-refractivity contribution is 0.121. The van der Waals surface area contributed by atoms with Gasteiger partial charge in [-0.15, -0.1) is 0 Å². The number of hydrogen-bond donors (Lipinski definition) is 1. The Kier molecular flexibility index (Phi) is 7.23. The van der Waals surface area contributed by atoms with Crippen LogP contribution in [0.2, 0.25) is 0 Å². The molecule has 0 amide bonds. The van der Waals surface area contributed by atoms with Gasteiger partial charge in [0.25, 0.3) is 0 Å². The number of imidazole rings is 1. The summed E-state index contributed by atoms with van der Waals surface area (Å²) in [5, 5.41) is 12.2. The van der Waals surface area contributed by atoms with Gasteiger partial charge in [0.05, 0.1) is 29.5 Å². The number of nitriles is 1. The molecule has 9 nitrogen and oxygen atoms in total. The molecule has 5 aromatic rings. The number of piperidine rings is 1. The summed E-state index contributed by atoms with van der Waals surface area (Å²) in [6.07, 6.45) is 2.81. The number of alkyl halides is 1. The molecular formula is C33H29FN8O. The third kappa shape index (κ3) is 5.43. The molecule has 0 spiro atoms. The van der Waals surface area contributed by atoms with Gasteiger partial charge in [-0.3, -0.25) is 4.90 Å². The minimum Gasteiger partial charge on any atom is -0.475 e. The zero-order valence-electron chi connectivity index (χ0n) is 23.4. The molecule has 7 rings (SSSR count). The van der Waals surface area contributed by atoms with E-state index in [4.69, 9.17) is 15.0 Å². The number of aromatic nitrogens is 5. The van der Waals surface area contributed by atoms with E-state index in [1.54, 1.807) is 12.3 Å². The minimum atomic E-state index is -1.07. The molecule has 0 saturated carbocycles. The van der Waals surface area contributed by atoms with Gasteiger partial charge in [0.2, 0.25) is 11.7 Å². The Morgan fingerprint density at radius 3 is 2.60 bits per heavy atom. The maximum Gasteiger partial charge on any atom is 0.234 e. The highest BCUT2D eigenvalue weighted by Gasteiger charge is 2.30. The number of fused-ring (bicyclic) bond motifs is 3. The van der Waals surface area contributed by atoms with Gasteiger partial charge in [-0.1, -0.05) is 54.6 Å². The Morgan fingerprint density at radius 2 is 1.79 bits per heavy atom. The van der Waals surface area contributed by atoms with Gasteiger partial charge in [-0.05, 0) is 30.2 Å². The van der Waals surface area contributed by atoms with E-state index in [0.29, 0.717) is 44.4 Å². The van der Waals surface area contributed by atoms with Crippen LogP contribution in [0.25, 0.3) is 33.9 Å². The molecule has 1 fully saturated rings. The van der Waals surface area contributed by atoms with E-state index in [1.165, 1.54) is 6.20 Å². The van der Waals surface area contributed by atoms with Crippen molar-refractivity contribution in [2.75, 3.05) is 25.0 Å². The van der Waals surface area contributed by atoms with Crippen molar-refractivity contribution in [3.05, 3.63) is 96.6 Å². The van der Waals surface area contributed by atoms with Crippen LogP contribution < -0.4 is 10.1 Å². The lowest BCUT2D eigenvalue weighted by Gasteiger charge is -2.35. The molecule has 0 aliphatic carbocycles. The van der Waals surface area contributed by atoms with Crippen LogP contribution in [0, 0.1) is 11.3 Å². The number of benzene rings is 2. The molecular weight excluding hydrogens is 543 g/mol. The lowest BCUT2D eigenvalue weighted by Crippen LogP contribution is -2.47. The maximum absolute atomic E-state index is 15.2. The number of ether oxygens (including phenoxy) is 1. The van der Waals surface area contributed by atoms with E-state index in [-0.39, 0.29) is 11.9 Å². The number of nitrogens with one attached hydrogen (secondary N) is 1. The maximum atomic E-state index is 15.2. The van der Waals surface area contributed by atoms with Crippen molar-refractivity contribution >= 4 is 5.82 Å². The molecule has 2 atom stereocenters. The number of hydrogen-bond acceptors (Lipinski definition) is 8. The molecule has 2 aliphatic heterocycles. The number of halogens is 1. The van der Waals surface area contributed by atoms with Gasteiger partial charge in [0.1, 0.15) is 30.5 Å². The normalized spacial score (nSPS) is 18.0. The second-order valence-electron chi connectivity index (χ2n) is 10.7. The van der Waals surface area contributed by atoms with Crippen molar-refractivity contribution in [2.45, 2.75) is 31.7 Å². The number of likely N-dealkylation sites (tertiary alicyclic amines) is 1. The van der Waals surface area contributed by atoms with Crippen molar-refractivity contribution in [2.24, 2.45) is 0 Å². The van der Waals surface area contributed by atoms with Crippen LogP contribution in [-0.4, -0.2) is 61.3 Å². The molecule has 43 heavy (non-hydrogen) atoms. The van der Waals surface area contributed by atoms with E-state index in [0.717, 1.165) is 46.0 Å². The summed E-state index contributed by atoms with van der Waals surface area (Å²) in [6.45, 7) is 2.88. The molecule has 0 bridgehead atoms.